The van der Waals surface area contributed by atoms with Gasteiger partial charge in [0.25, 0.3) is 0 Å². The third-order valence-electron chi connectivity index (χ3n) is 3.89. The first-order chi connectivity index (χ1) is 10.4. The van der Waals surface area contributed by atoms with E-state index in [0.717, 1.165) is 17.5 Å². The average molecular weight is 334 g/mol. The molecule has 0 saturated heterocycles. The number of thiol groups is 1. The van der Waals surface area contributed by atoms with Gasteiger partial charge in [-0.2, -0.15) is 0 Å². The molecule has 1 atom stereocenters. The number of rotatable bonds is 5. The van der Waals surface area contributed by atoms with Crippen LogP contribution in [0.25, 0.3) is 11.1 Å². The first-order valence-electron chi connectivity index (χ1n) is 7.17. The molecule has 0 fully saturated rings. The molecule has 0 heterocycles. The van der Waals surface area contributed by atoms with Crippen LogP contribution in [-0.4, -0.2) is 30.2 Å². The quantitative estimate of drug-likeness (QED) is 0.809. The van der Waals surface area contributed by atoms with Gasteiger partial charge in [0.05, 0.1) is 0 Å². The van der Waals surface area contributed by atoms with Crippen LogP contribution in [0.5, 0.6) is 0 Å². The fourth-order valence-electron chi connectivity index (χ4n) is 2.29. The summed E-state index contributed by atoms with van der Waals surface area (Å²) < 4.78 is 0. The highest BCUT2D eigenvalue weighted by Gasteiger charge is 2.11. The predicted molar refractivity (Wildman–Crippen MR) is 97.1 cm³/mol. The number of benzene rings is 2. The van der Waals surface area contributed by atoms with Gasteiger partial charge in [0.2, 0.25) is 5.12 Å². The van der Waals surface area contributed by atoms with Crippen molar-refractivity contribution >= 4 is 29.3 Å². The highest BCUT2D eigenvalue weighted by atomic mass is 35.5. The van der Waals surface area contributed by atoms with Gasteiger partial charge in [0.15, 0.2) is 0 Å². The lowest BCUT2D eigenvalue weighted by Gasteiger charge is -2.19. The third kappa shape index (κ3) is 4.13. The summed E-state index contributed by atoms with van der Waals surface area (Å²) in [6.45, 7) is 2.20. The highest BCUT2D eigenvalue weighted by molar-refractivity contribution is 7.97. The molecule has 0 aliphatic rings. The van der Waals surface area contributed by atoms with Crippen LogP contribution < -0.4 is 0 Å². The molecule has 0 spiro atoms. The summed E-state index contributed by atoms with van der Waals surface area (Å²) in [6, 6.07) is 14.1. The second-order valence-electron chi connectivity index (χ2n) is 5.71. The summed E-state index contributed by atoms with van der Waals surface area (Å²) in [5.41, 5.74) is 3.66. The molecule has 2 aromatic rings. The zero-order valence-corrected chi connectivity index (χ0v) is 14.7. The zero-order chi connectivity index (χ0) is 16.3. The molecule has 0 bridgehead atoms. The van der Waals surface area contributed by atoms with Crippen molar-refractivity contribution in [3.8, 4) is 11.1 Å². The molecular weight excluding hydrogens is 314 g/mol. The summed E-state index contributed by atoms with van der Waals surface area (Å²) in [5, 5.41) is 0.264. The van der Waals surface area contributed by atoms with Gasteiger partial charge in [-0.15, -0.1) is 12.6 Å². The van der Waals surface area contributed by atoms with E-state index in [1.54, 1.807) is 12.1 Å². The molecule has 1 unspecified atom stereocenters. The summed E-state index contributed by atoms with van der Waals surface area (Å²) in [7, 11) is 4.16. The Morgan fingerprint density at radius 3 is 2.36 bits per heavy atom. The molecule has 2 aromatic carbocycles. The van der Waals surface area contributed by atoms with Crippen molar-refractivity contribution in [2.75, 3.05) is 14.1 Å². The minimum Gasteiger partial charge on any atom is -0.306 e. The van der Waals surface area contributed by atoms with Gasteiger partial charge in [-0.05, 0) is 56.3 Å². The fraction of sp³-hybridized carbons (Fsp3) is 0.278. The van der Waals surface area contributed by atoms with E-state index in [2.05, 4.69) is 50.7 Å². The minimum absolute atomic E-state index is 0.275. The summed E-state index contributed by atoms with van der Waals surface area (Å²) in [5.74, 6) is 0. The van der Waals surface area contributed by atoms with Gasteiger partial charge in [-0.3, -0.25) is 4.79 Å². The molecule has 2 nitrogen and oxygen atoms in total. The van der Waals surface area contributed by atoms with E-state index >= 15 is 0 Å². The van der Waals surface area contributed by atoms with E-state index < -0.39 is 0 Å². The predicted octanol–water partition coefficient (Wildman–Crippen LogP) is 4.57. The Morgan fingerprint density at radius 1 is 1.18 bits per heavy atom. The van der Waals surface area contributed by atoms with E-state index in [1.807, 2.05) is 18.2 Å². The Bertz CT molecular complexity index is 667. The van der Waals surface area contributed by atoms with Crippen LogP contribution in [0, 0.1) is 0 Å². The maximum Gasteiger partial charge on any atom is 0.217 e. The molecule has 22 heavy (non-hydrogen) atoms. The second-order valence-corrected chi connectivity index (χ2v) is 6.55. The topological polar surface area (TPSA) is 20.3 Å². The van der Waals surface area contributed by atoms with Gasteiger partial charge in [0.1, 0.15) is 0 Å². The normalized spacial score (nSPS) is 12.5. The van der Waals surface area contributed by atoms with Crippen molar-refractivity contribution in [3.63, 3.8) is 0 Å². The summed E-state index contributed by atoms with van der Waals surface area (Å²) in [4.78, 5) is 13.9. The molecule has 0 N–H and O–H groups in total. The molecule has 0 amide bonds. The van der Waals surface area contributed by atoms with Crippen molar-refractivity contribution in [1.29, 1.82) is 0 Å². The van der Waals surface area contributed by atoms with Crippen LogP contribution >= 0.6 is 24.2 Å². The summed E-state index contributed by atoms with van der Waals surface area (Å²) in [6.07, 6.45) is 0.992. The van der Waals surface area contributed by atoms with Crippen LogP contribution in [-0.2, 0) is 6.42 Å². The number of hydrogen-bond acceptors (Lipinski definition) is 2. The monoisotopic (exact) mass is 333 g/mol. The Hall–Kier alpha value is -1.29. The number of carbonyl (C=O) groups excluding carboxylic acids is 1. The molecular formula is C18H20ClNOS. The van der Waals surface area contributed by atoms with E-state index in [-0.39, 0.29) is 5.12 Å². The highest BCUT2D eigenvalue weighted by Crippen LogP contribution is 2.28. The lowest BCUT2D eigenvalue weighted by Crippen LogP contribution is -2.26. The fourth-order valence-corrected chi connectivity index (χ4v) is 2.65. The van der Waals surface area contributed by atoms with Crippen LogP contribution in [0.1, 0.15) is 22.8 Å². The third-order valence-corrected chi connectivity index (χ3v) is 4.37. The average Bonchev–Trinajstić information content (AvgIpc) is 2.48. The lowest BCUT2D eigenvalue weighted by atomic mass is 9.97. The largest absolute Gasteiger partial charge is 0.306 e. The molecule has 0 radical (unpaired) electrons. The van der Waals surface area contributed by atoms with Crippen LogP contribution in [0.15, 0.2) is 42.5 Å². The second kappa shape index (κ2) is 7.32. The van der Waals surface area contributed by atoms with Crippen molar-refractivity contribution in [1.82, 2.24) is 4.90 Å². The van der Waals surface area contributed by atoms with E-state index in [1.165, 1.54) is 5.56 Å². The van der Waals surface area contributed by atoms with Crippen LogP contribution in [0.2, 0.25) is 5.02 Å². The Labute approximate surface area is 142 Å². The van der Waals surface area contributed by atoms with Gasteiger partial charge >= 0.3 is 0 Å². The molecule has 4 heteroatoms. The maximum atomic E-state index is 11.7. The molecule has 0 aliphatic carbocycles. The Kier molecular flexibility index (Phi) is 5.68. The number of halogens is 1. The number of nitrogens with zero attached hydrogens (tertiary/aromatic N) is 1. The Balaban J connectivity index is 2.30. The van der Waals surface area contributed by atoms with Crippen LogP contribution in [0.3, 0.4) is 0 Å². The van der Waals surface area contributed by atoms with Crippen molar-refractivity contribution in [3.05, 3.63) is 58.6 Å². The van der Waals surface area contributed by atoms with Gasteiger partial charge in [-0.25, -0.2) is 0 Å². The number of carbonyl (C=O) groups is 1. The zero-order valence-electron chi connectivity index (χ0n) is 13.0. The van der Waals surface area contributed by atoms with Gasteiger partial charge in [0, 0.05) is 16.6 Å². The van der Waals surface area contributed by atoms with Crippen molar-refractivity contribution < 1.29 is 4.79 Å². The van der Waals surface area contributed by atoms with Gasteiger partial charge < -0.3 is 4.90 Å². The number of likely N-dealkylation sites (N-methyl/N-ethyl adjacent to an activating group) is 1. The van der Waals surface area contributed by atoms with Crippen molar-refractivity contribution in [2.24, 2.45) is 0 Å². The van der Waals surface area contributed by atoms with E-state index in [9.17, 15) is 4.79 Å². The van der Waals surface area contributed by atoms with Crippen molar-refractivity contribution in [2.45, 2.75) is 19.4 Å². The lowest BCUT2D eigenvalue weighted by molar-refractivity contribution is 0.109. The molecule has 0 aromatic heterocycles. The Morgan fingerprint density at radius 2 is 1.82 bits per heavy atom. The molecule has 0 aliphatic heterocycles. The molecule has 0 saturated carbocycles. The van der Waals surface area contributed by atoms with Crippen LogP contribution in [0.4, 0.5) is 0 Å². The molecule has 2 rings (SSSR count). The van der Waals surface area contributed by atoms with Gasteiger partial charge in [-0.1, -0.05) is 41.9 Å². The standard InChI is InChI=1S/C18H20ClNOS/c1-12(20(2)3)10-13-4-6-14(7-5-13)16-9-8-15(19)11-17(16)18(21)22/h4-9,11-12H,10H2,1-3H3,(H,21,22). The van der Waals surface area contributed by atoms with E-state index in [0.29, 0.717) is 16.6 Å². The smallest absolute Gasteiger partial charge is 0.217 e. The first kappa shape index (κ1) is 17.1. The number of hydrogen-bond donors (Lipinski definition) is 1. The minimum atomic E-state index is -0.275. The first-order valence-corrected chi connectivity index (χ1v) is 7.99. The maximum absolute atomic E-state index is 11.7. The molecule has 116 valence electrons. The summed E-state index contributed by atoms with van der Waals surface area (Å²) >= 11 is 9.91. The SMILES string of the molecule is CC(Cc1ccc(-c2ccc(Cl)cc2C(=O)S)cc1)N(C)C. The van der Waals surface area contributed by atoms with E-state index in [4.69, 9.17) is 11.6 Å².